The molecule has 31 heavy (non-hydrogen) atoms. The van der Waals surface area contributed by atoms with Gasteiger partial charge in [-0.05, 0) is 51.5 Å². The molecule has 0 unspecified atom stereocenters. The Kier molecular flexibility index (Phi) is 6.45. The van der Waals surface area contributed by atoms with Crippen molar-refractivity contribution in [2.45, 2.75) is 49.4 Å². The molecule has 0 atom stereocenters. The number of halogens is 1. The van der Waals surface area contributed by atoms with Crippen LogP contribution in [0.1, 0.15) is 32.0 Å². The Morgan fingerprint density at radius 3 is 2.45 bits per heavy atom. The van der Waals surface area contributed by atoms with Gasteiger partial charge in [-0.3, -0.25) is 14.9 Å². The maximum Gasteiger partial charge on any atom is 0.317 e. The number of aromatic nitrogens is 2. The first-order chi connectivity index (χ1) is 14.6. The minimum Gasteiger partial charge on any atom is -0.406 e. The number of ether oxygens (including phenoxy) is 1. The molecule has 0 bridgehead atoms. The number of carbonyl (C=O) groups is 1. The number of hydrogen-bond acceptors (Lipinski definition) is 6. The molecule has 0 aliphatic rings. The molecule has 0 fully saturated rings. The summed E-state index contributed by atoms with van der Waals surface area (Å²) < 4.78 is 20.4. The minimum absolute atomic E-state index is 0.0426. The van der Waals surface area contributed by atoms with E-state index >= 15 is 0 Å². The standard InChI is InChI=1S/C22H22FN3O4S/c1-14-20(31-18-8-6-5-7-17(18)26(28)29)21(25(24-14)22(2,3)4)30-19(27)13-15-9-11-16(23)12-10-15/h5-12H,13H2,1-4H3. The van der Waals surface area contributed by atoms with E-state index < -0.39 is 16.4 Å². The van der Waals surface area contributed by atoms with Crippen LogP contribution in [0.2, 0.25) is 0 Å². The highest BCUT2D eigenvalue weighted by atomic mass is 32.2. The lowest BCUT2D eigenvalue weighted by molar-refractivity contribution is -0.387. The number of para-hydroxylation sites is 1. The van der Waals surface area contributed by atoms with Crippen LogP contribution in [0.15, 0.2) is 58.3 Å². The Labute approximate surface area is 183 Å². The number of carbonyl (C=O) groups excluding carboxylic acids is 1. The van der Waals surface area contributed by atoms with Crippen LogP contribution in [0.5, 0.6) is 5.88 Å². The molecule has 0 aliphatic heterocycles. The zero-order valence-corrected chi connectivity index (χ0v) is 18.4. The van der Waals surface area contributed by atoms with Crippen LogP contribution in [0.25, 0.3) is 0 Å². The Bertz CT molecular complexity index is 1120. The van der Waals surface area contributed by atoms with Crippen molar-refractivity contribution in [2.75, 3.05) is 0 Å². The first kappa shape index (κ1) is 22.5. The lowest BCUT2D eigenvalue weighted by Gasteiger charge is -2.22. The van der Waals surface area contributed by atoms with E-state index in [0.717, 1.165) is 11.8 Å². The van der Waals surface area contributed by atoms with Gasteiger partial charge in [0.25, 0.3) is 5.69 Å². The quantitative estimate of drug-likeness (QED) is 0.292. The van der Waals surface area contributed by atoms with Gasteiger partial charge in [-0.15, -0.1) is 0 Å². The van der Waals surface area contributed by atoms with E-state index in [1.165, 1.54) is 30.3 Å². The summed E-state index contributed by atoms with van der Waals surface area (Å²) in [5.41, 5.74) is 0.650. The number of esters is 1. The number of rotatable bonds is 6. The first-order valence-electron chi connectivity index (χ1n) is 9.53. The fourth-order valence-corrected chi connectivity index (χ4v) is 3.89. The highest BCUT2D eigenvalue weighted by Crippen LogP contribution is 2.42. The predicted molar refractivity (Wildman–Crippen MR) is 115 cm³/mol. The highest BCUT2D eigenvalue weighted by Gasteiger charge is 2.28. The van der Waals surface area contributed by atoms with Crippen LogP contribution >= 0.6 is 11.8 Å². The van der Waals surface area contributed by atoms with Gasteiger partial charge in [-0.25, -0.2) is 9.07 Å². The summed E-state index contributed by atoms with van der Waals surface area (Å²) in [6.07, 6.45) is -0.0513. The van der Waals surface area contributed by atoms with Gasteiger partial charge in [0.1, 0.15) is 5.82 Å². The number of nitro groups is 1. The molecule has 3 rings (SSSR count). The largest absolute Gasteiger partial charge is 0.406 e. The summed E-state index contributed by atoms with van der Waals surface area (Å²) in [5.74, 6) is -0.705. The van der Waals surface area contributed by atoms with E-state index in [-0.39, 0.29) is 23.8 Å². The van der Waals surface area contributed by atoms with E-state index in [4.69, 9.17) is 4.74 Å². The van der Waals surface area contributed by atoms with Crippen LogP contribution in [0, 0.1) is 22.9 Å². The van der Waals surface area contributed by atoms with Crippen molar-refractivity contribution in [1.29, 1.82) is 0 Å². The summed E-state index contributed by atoms with van der Waals surface area (Å²) in [7, 11) is 0. The van der Waals surface area contributed by atoms with Gasteiger partial charge in [0.2, 0.25) is 5.88 Å². The molecule has 0 saturated carbocycles. The average Bonchev–Trinajstić information content (AvgIpc) is 3.00. The van der Waals surface area contributed by atoms with E-state index in [0.29, 0.717) is 21.0 Å². The zero-order chi connectivity index (χ0) is 22.8. The topological polar surface area (TPSA) is 87.3 Å². The Morgan fingerprint density at radius 1 is 1.19 bits per heavy atom. The maximum absolute atomic E-state index is 13.1. The van der Waals surface area contributed by atoms with Crippen LogP contribution in [-0.2, 0) is 16.8 Å². The Hall–Kier alpha value is -3.20. The van der Waals surface area contributed by atoms with Crippen LogP contribution < -0.4 is 4.74 Å². The fraction of sp³-hybridized carbons (Fsp3) is 0.273. The summed E-state index contributed by atoms with van der Waals surface area (Å²) in [6, 6.07) is 12.0. The number of nitro benzene ring substituents is 1. The normalized spacial score (nSPS) is 11.4. The molecule has 0 radical (unpaired) electrons. The smallest absolute Gasteiger partial charge is 0.317 e. The maximum atomic E-state index is 13.1. The highest BCUT2D eigenvalue weighted by molar-refractivity contribution is 7.99. The molecule has 0 saturated heterocycles. The van der Waals surface area contributed by atoms with Gasteiger partial charge < -0.3 is 4.74 Å². The van der Waals surface area contributed by atoms with Crippen molar-refractivity contribution in [3.05, 3.63) is 75.7 Å². The average molecular weight is 444 g/mol. The molecule has 0 spiro atoms. The van der Waals surface area contributed by atoms with Gasteiger partial charge in [0.05, 0.1) is 32.4 Å². The minimum atomic E-state index is -0.540. The summed E-state index contributed by atoms with van der Waals surface area (Å²) in [6.45, 7) is 7.50. The Morgan fingerprint density at radius 2 is 1.84 bits per heavy atom. The molecule has 162 valence electrons. The molecular weight excluding hydrogens is 421 g/mol. The van der Waals surface area contributed by atoms with Crippen molar-refractivity contribution in [3.8, 4) is 5.88 Å². The SMILES string of the molecule is Cc1nn(C(C)(C)C)c(OC(=O)Cc2ccc(F)cc2)c1Sc1ccccc1[N+](=O)[O-]. The summed E-state index contributed by atoms with van der Waals surface area (Å²) >= 11 is 1.13. The molecule has 0 N–H and O–H groups in total. The summed E-state index contributed by atoms with van der Waals surface area (Å²) in [5, 5.41) is 15.9. The van der Waals surface area contributed by atoms with Crippen LogP contribution in [0.4, 0.5) is 10.1 Å². The Balaban J connectivity index is 1.97. The molecule has 7 nitrogen and oxygen atoms in total. The molecule has 2 aromatic carbocycles. The van der Waals surface area contributed by atoms with Crippen molar-refractivity contribution in [2.24, 2.45) is 0 Å². The van der Waals surface area contributed by atoms with Crippen LogP contribution in [0.3, 0.4) is 0 Å². The number of aryl methyl sites for hydroxylation is 1. The van der Waals surface area contributed by atoms with Gasteiger partial charge in [-0.2, -0.15) is 5.10 Å². The monoisotopic (exact) mass is 443 g/mol. The van der Waals surface area contributed by atoms with Gasteiger partial charge in [-0.1, -0.05) is 36.0 Å². The molecule has 0 aliphatic carbocycles. The fourth-order valence-electron chi connectivity index (χ4n) is 2.87. The molecule has 1 heterocycles. The predicted octanol–water partition coefficient (Wildman–Crippen LogP) is 5.29. The number of hydrogen-bond donors (Lipinski definition) is 0. The molecule has 9 heteroatoms. The van der Waals surface area contributed by atoms with Gasteiger partial charge in [0, 0.05) is 6.07 Å². The van der Waals surface area contributed by atoms with E-state index in [9.17, 15) is 19.3 Å². The third-order valence-electron chi connectivity index (χ3n) is 4.35. The van der Waals surface area contributed by atoms with Crippen LogP contribution in [-0.4, -0.2) is 20.7 Å². The van der Waals surface area contributed by atoms with Crippen molar-refractivity contribution in [3.63, 3.8) is 0 Å². The van der Waals surface area contributed by atoms with E-state index in [1.54, 1.807) is 29.8 Å². The van der Waals surface area contributed by atoms with E-state index in [2.05, 4.69) is 5.10 Å². The van der Waals surface area contributed by atoms with Crippen molar-refractivity contribution < 1.29 is 18.8 Å². The van der Waals surface area contributed by atoms with Crippen molar-refractivity contribution >= 4 is 23.4 Å². The number of nitrogens with zero attached hydrogens (tertiary/aromatic N) is 3. The van der Waals surface area contributed by atoms with Crippen molar-refractivity contribution in [1.82, 2.24) is 9.78 Å². The lowest BCUT2D eigenvalue weighted by atomic mass is 10.1. The molecule has 3 aromatic rings. The molecule has 0 amide bonds. The van der Waals surface area contributed by atoms with E-state index in [1.807, 2.05) is 20.8 Å². The third kappa shape index (κ3) is 5.29. The summed E-state index contributed by atoms with van der Waals surface area (Å²) in [4.78, 5) is 24.6. The third-order valence-corrected chi connectivity index (χ3v) is 5.59. The zero-order valence-electron chi connectivity index (χ0n) is 17.6. The molecular formula is C22H22FN3O4S. The second-order valence-corrected chi connectivity index (χ2v) is 8.96. The van der Waals surface area contributed by atoms with Gasteiger partial charge >= 0.3 is 5.97 Å². The second-order valence-electron chi connectivity index (χ2n) is 7.91. The first-order valence-corrected chi connectivity index (χ1v) is 10.3. The second kappa shape index (κ2) is 8.89. The molecule has 1 aromatic heterocycles. The van der Waals surface area contributed by atoms with Gasteiger partial charge in [0.15, 0.2) is 0 Å². The number of benzene rings is 2. The lowest BCUT2D eigenvalue weighted by Crippen LogP contribution is -2.26.